The number of nitrogens with zero attached hydrogens (tertiary/aromatic N) is 2. The van der Waals surface area contributed by atoms with E-state index in [1.54, 1.807) is 12.1 Å². The van der Waals surface area contributed by atoms with Gasteiger partial charge >= 0.3 is 0 Å². The lowest BCUT2D eigenvalue weighted by atomic mass is 10.2. The molecule has 6 heteroatoms. The normalized spacial score (nSPS) is 10.9. The van der Waals surface area contributed by atoms with E-state index in [1.165, 1.54) is 23.0 Å². The Hall–Kier alpha value is -3.17. The van der Waals surface area contributed by atoms with Crippen LogP contribution in [0.3, 0.4) is 0 Å². The highest BCUT2D eigenvalue weighted by Gasteiger charge is 2.14. The molecule has 0 spiro atoms. The minimum atomic E-state index is -1.71. The first-order valence-electron chi connectivity index (χ1n) is 9.35. The van der Waals surface area contributed by atoms with Gasteiger partial charge in [0.25, 0.3) is 5.56 Å². The molecular weight excluding hydrogens is 383 g/mol. The minimum Gasteiger partial charge on any atom is -0.472 e. The lowest BCUT2D eigenvalue weighted by molar-refractivity contribution is 0.290. The average molecular weight is 407 g/mol. The first-order chi connectivity index (χ1) is 13.8. The molecule has 0 aliphatic carbocycles. The maximum Gasteiger partial charge on any atom is 0.273 e. The van der Waals surface area contributed by atoms with Gasteiger partial charge < -0.3 is 4.74 Å². The summed E-state index contributed by atoms with van der Waals surface area (Å²) in [6, 6.07) is 15.8. The lowest BCUT2D eigenvalue weighted by Gasteiger charge is -2.11. The number of aromatic nitrogens is 2. The fraction of sp³-hybridized carbons (Fsp3) is 0.217. The summed E-state index contributed by atoms with van der Waals surface area (Å²) in [7, 11) is -1.71. The third-order valence-corrected chi connectivity index (χ3v) is 4.90. The second-order valence-electron chi connectivity index (χ2n) is 7.76. The van der Waals surface area contributed by atoms with Gasteiger partial charge in [-0.1, -0.05) is 68.0 Å². The van der Waals surface area contributed by atoms with Crippen molar-refractivity contribution >= 4 is 8.07 Å². The van der Waals surface area contributed by atoms with Gasteiger partial charge in [-0.3, -0.25) is 9.36 Å². The fourth-order valence-corrected chi connectivity index (χ4v) is 3.11. The summed E-state index contributed by atoms with van der Waals surface area (Å²) in [4.78, 5) is 17.4. The molecule has 0 aliphatic heterocycles. The molecule has 0 atom stereocenters. The van der Waals surface area contributed by atoms with Gasteiger partial charge in [-0.05, 0) is 23.3 Å². The molecule has 0 saturated carbocycles. The number of halogens is 1. The number of benzene rings is 2. The average Bonchev–Trinajstić information content (AvgIpc) is 2.67. The molecule has 0 amide bonds. The molecule has 1 aromatic heterocycles. The van der Waals surface area contributed by atoms with Crippen molar-refractivity contribution in [3.8, 4) is 17.3 Å². The van der Waals surface area contributed by atoms with Crippen molar-refractivity contribution in [1.29, 1.82) is 0 Å². The van der Waals surface area contributed by atoms with Crippen LogP contribution < -0.4 is 10.3 Å². The quantitative estimate of drug-likeness (QED) is 0.470. The zero-order valence-corrected chi connectivity index (χ0v) is 17.8. The van der Waals surface area contributed by atoms with Crippen molar-refractivity contribution in [2.45, 2.75) is 32.8 Å². The molecule has 0 aliphatic rings. The lowest BCUT2D eigenvalue weighted by Crippen LogP contribution is -2.25. The molecule has 0 N–H and O–H groups in total. The molecule has 0 saturated heterocycles. The van der Waals surface area contributed by atoms with Crippen LogP contribution in [-0.2, 0) is 13.2 Å². The van der Waals surface area contributed by atoms with Gasteiger partial charge in [-0.2, -0.15) is 0 Å². The van der Waals surface area contributed by atoms with Crippen LogP contribution in [0.2, 0.25) is 19.6 Å². The Balaban J connectivity index is 1.96. The van der Waals surface area contributed by atoms with Gasteiger partial charge in [0.2, 0.25) is 5.88 Å². The summed E-state index contributed by atoms with van der Waals surface area (Å²) >= 11 is 0. The molecule has 0 bridgehead atoms. The zero-order chi connectivity index (χ0) is 20.9. The maximum absolute atomic E-state index is 13.5. The molecule has 29 heavy (non-hydrogen) atoms. The maximum atomic E-state index is 13.5. The van der Waals surface area contributed by atoms with Crippen molar-refractivity contribution in [2.75, 3.05) is 0 Å². The van der Waals surface area contributed by atoms with Gasteiger partial charge in [0.15, 0.2) is 5.56 Å². The predicted molar refractivity (Wildman–Crippen MR) is 115 cm³/mol. The van der Waals surface area contributed by atoms with E-state index in [1.807, 2.05) is 30.3 Å². The first kappa shape index (κ1) is 20.6. The van der Waals surface area contributed by atoms with Crippen LogP contribution in [0.1, 0.15) is 16.7 Å². The van der Waals surface area contributed by atoms with Crippen LogP contribution >= 0.6 is 0 Å². The van der Waals surface area contributed by atoms with Crippen molar-refractivity contribution in [1.82, 2.24) is 9.55 Å². The van der Waals surface area contributed by atoms with E-state index in [-0.39, 0.29) is 29.4 Å². The molecule has 4 nitrogen and oxygen atoms in total. The SMILES string of the molecule is C[Si](C)(C)C#Cc1c(OCc2ccccc2)ncn(Cc2cccc(F)c2)c1=O. The van der Waals surface area contributed by atoms with E-state index in [9.17, 15) is 9.18 Å². The largest absolute Gasteiger partial charge is 0.472 e. The molecule has 1 heterocycles. The molecule has 0 unspecified atom stereocenters. The third kappa shape index (κ3) is 5.90. The predicted octanol–water partition coefficient (Wildman–Crippen LogP) is 4.24. The van der Waals surface area contributed by atoms with Crippen molar-refractivity contribution in [3.05, 3.63) is 93.8 Å². The van der Waals surface area contributed by atoms with Crippen LogP contribution in [0.15, 0.2) is 65.7 Å². The number of rotatable bonds is 5. The molecule has 3 aromatic rings. The number of ether oxygens (including phenoxy) is 1. The van der Waals surface area contributed by atoms with Crippen molar-refractivity contribution in [3.63, 3.8) is 0 Å². The van der Waals surface area contributed by atoms with Crippen molar-refractivity contribution in [2.24, 2.45) is 0 Å². The van der Waals surface area contributed by atoms with Gasteiger partial charge in [-0.15, -0.1) is 5.54 Å². The van der Waals surface area contributed by atoms with E-state index in [4.69, 9.17) is 4.74 Å². The van der Waals surface area contributed by atoms with Crippen LogP contribution in [0.25, 0.3) is 0 Å². The highest BCUT2D eigenvalue weighted by Crippen LogP contribution is 2.14. The van der Waals surface area contributed by atoms with Crippen LogP contribution in [0.5, 0.6) is 5.88 Å². The molecule has 3 rings (SSSR count). The topological polar surface area (TPSA) is 44.1 Å². The van der Waals surface area contributed by atoms with E-state index in [0.717, 1.165) is 5.56 Å². The Morgan fingerprint density at radius 1 is 1.07 bits per heavy atom. The minimum absolute atomic E-state index is 0.212. The van der Waals surface area contributed by atoms with Gasteiger partial charge in [0.05, 0.1) is 6.54 Å². The summed E-state index contributed by atoms with van der Waals surface area (Å²) in [6.07, 6.45) is 1.42. The monoisotopic (exact) mass is 406 g/mol. The smallest absolute Gasteiger partial charge is 0.273 e. The Bertz CT molecular complexity index is 1110. The van der Waals surface area contributed by atoms with Crippen LogP contribution in [0, 0.1) is 17.3 Å². The van der Waals surface area contributed by atoms with E-state index < -0.39 is 8.07 Å². The number of hydrogen-bond acceptors (Lipinski definition) is 3. The summed E-state index contributed by atoms with van der Waals surface area (Å²) in [5.74, 6) is 2.89. The second-order valence-corrected chi connectivity index (χ2v) is 12.5. The fourth-order valence-electron chi connectivity index (χ4n) is 2.61. The molecule has 0 fully saturated rings. The Morgan fingerprint density at radius 2 is 1.79 bits per heavy atom. The van der Waals surface area contributed by atoms with Gasteiger partial charge in [0.1, 0.15) is 26.8 Å². The third-order valence-electron chi connectivity index (χ3n) is 4.03. The van der Waals surface area contributed by atoms with Crippen LogP contribution in [-0.4, -0.2) is 17.6 Å². The molecule has 148 valence electrons. The Morgan fingerprint density at radius 3 is 2.48 bits per heavy atom. The highest BCUT2D eigenvalue weighted by molar-refractivity contribution is 6.83. The summed E-state index contributed by atoms with van der Waals surface area (Å²) in [5, 5.41) is 0. The second kappa shape index (κ2) is 8.89. The standard InChI is InChI=1S/C23H23FN2O2Si/c1-29(2,3)13-12-21-22(28-16-18-8-5-4-6-9-18)25-17-26(23(21)27)15-19-10-7-11-20(24)14-19/h4-11,14,17H,15-16H2,1-3H3. The van der Waals surface area contributed by atoms with Gasteiger partial charge in [0, 0.05) is 0 Å². The van der Waals surface area contributed by atoms with E-state index in [2.05, 4.69) is 36.1 Å². The zero-order valence-electron chi connectivity index (χ0n) is 16.8. The Labute approximate surface area is 171 Å². The van der Waals surface area contributed by atoms with Crippen molar-refractivity contribution < 1.29 is 9.13 Å². The summed E-state index contributed by atoms with van der Waals surface area (Å²) < 4.78 is 20.7. The number of hydrogen-bond donors (Lipinski definition) is 0. The molecule has 2 aromatic carbocycles. The van der Waals surface area contributed by atoms with Gasteiger partial charge in [-0.25, -0.2) is 9.37 Å². The Kier molecular flexibility index (Phi) is 6.30. The van der Waals surface area contributed by atoms with Crippen LogP contribution in [0.4, 0.5) is 4.39 Å². The summed E-state index contributed by atoms with van der Waals surface area (Å²) in [5.41, 5.74) is 4.81. The molecular formula is C23H23FN2O2Si. The van der Waals surface area contributed by atoms with E-state index >= 15 is 0 Å². The first-order valence-corrected chi connectivity index (χ1v) is 12.9. The molecule has 0 radical (unpaired) electrons. The van der Waals surface area contributed by atoms with E-state index in [0.29, 0.717) is 12.2 Å². The highest BCUT2D eigenvalue weighted by atomic mass is 28.3. The summed E-state index contributed by atoms with van der Waals surface area (Å²) in [6.45, 7) is 6.82.